The molecule has 0 saturated carbocycles. The lowest BCUT2D eigenvalue weighted by Gasteiger charge is -2.35. The van der Waals surface area contributed by atoms with Crippen LogP contribution < -0.4 is 0 Å². The predicted molar refractivity (Wildman–Crippen MR) is 90.1 cm³/mol. The molecule has 2 unspecified atom stereocenters. The Labute approximate surface area is 148 Å². The molecule has 2 atom stereocenters. The predicted octanol–water partition coefficient (Wildman–Crippen LogP) is 3.90. The summed E-state index contributed by atoms with van der Waals surface area (Å²) in [6.07, 6.45) is 2.74. The molecule has 2 aromatic carbocycles. The molecule has 0 aliphatic carbocycles. The van der Waals surface area contributed by atoms with E-state index >= 15 is 0 Å². The molecule has 0 saturated heterocycles. The lowest BCUT2D eigenvalue weighted by molar-refractivity contribution is -0.0111. The fourth-order valence-corrected chi connectivity index (χ4v) is 3.24. The SMILES string of the molecule is CC(c1ccccc1Cl)C(O)(Cn1cncn1)c1ccc(F)cc1F. The molecule has 1 aromatic heterocycles. The van der Waals surface area contributed by atoms with E-state index in [1.165, 1.54) is 23.4 Å². The Kier molecular flexibility index (Phi) is 4.83. The number of rotatable bonds is 5. The van der Waals surface area contributed by atoms with E-state index in [1.54, 1.807) is 31.2 Å². The highest BCUT2D eigenvalue weighted by Crippen LogP contribution is 2.41. The fourth-order valence-electron chi connectivity index (χ4n) is 2.94. The zero-order valence-electron chi connectivity index (χ0n) is 13.4. The van der Waals surface area contributed by atoms with Gasteiger partial charge < -0.3 is 5.11 Å². The molecule has 4 nitrogen and oxygen atoms in total. The van der Waals surface area contributed by atoms with Gasteiger partial charge in [0.25, 0.3) is 0 Å². The average Bonchev–Trinajstić information content (AvgIpc) is 3.07. The van der Waals surface area contributed by atoms with Crippen LogP contribution in [-0.2, 0) is 12.1 Å². The Hall–Kier alpha value is -2.31. The topological polar surface area (TPSA) is 50.9 Å². The lowest BCUT2D eigenvalue weighted by Crippen LogP contribution is -2.38. The molecular formula is C18H16ClF2N3O. The number of aromatic nitrogens is 3. The van der Waals surface area contributed by atoms with E-state index < -0.39 is 23.2 Å². The summed E-state index contributed by atoms with van der Waals surface area (Å²) in [5, 5.41) is 15.9. The summed E-state index contributed by atoms with van der Waals surface area (Å²) in [5.74, 6) is -2.14. The van der Waals surface area contributed by atoms with Crippen LogP contribution in [-0.4, -0.2) is 19.9 Å². The second kappa shape index (κ2) is 6.90. The first-order valence-corrected chi connectivity index (χ1v) is 8.04. The normalized spacial score (nSPS) is 14.9. The molecule has 25 heavy (non-hydrogen) atoms. The molecule has 0 spiro atoms. The number of halogens is 3. The van der Waals surface area contributed by atoms with Gasteiger partial charge in [-0.05, 0) is 17.7 Å². The van der Waals surface area contributed by atoms with Gasteiger partial charge in [-0.15, -0.1) is 0 Å². The van der Waals surface area contributed by atoms with Gasteiger partial charge in [0.15, 0.2) is 0 Å². The Morgan fingerprint density at radius 3 is 2.64 bits per heavy atom. The fraction of sp³-hybridized carbons (Fsp3) is 0.222. The van der Waals surface area contributed by atoms with E-state index in [0.717, 1.165) is 12.1 Å². The molecule has 0 amide bonds. The van der Waals surface area contributed by atoms with Gasteiger partial charge in [-0.3, -0.25) is 0 Å². The largest absolute Gasteiger partial charge is 0.382 e. The summed E-state index contributed by atoms with van der Waals surface area (Å²) in [6, 6.07) is 10.1. The second-order valence-corrected chi connectivity index (χ2v) is 6.29. The van der Waals surface area contributed by atoms with Crippen LogP contribution in [0.25, 0.3) is 0 Å². The minimum atomic E-state index is -1.71. The van der Waals surface area contributed by atoms with Crippen LogP contribution in [0.15, 0.2) is 55.1 Å². The number of benzene rings is 2. The highest BCUT2D eigenvalue weighted by molar-refractivity contribution is 6.31. The zero-order valence-corrected chi connectivity index (χ0v) is 14.2. The maximum absolute atomic E-state index is 14.5. The van der Waals surface area contributed by atoms with Crippen LogP contribution in [0.4, 0.5) is 8.78 Å². The van der Waals surface area contributed by atoms with Crippen LogP contribution in [0.3, 0.4) is 0 Å². The minimum Gasteiger partial charge on any atom is -0.382 e. The van der Waals surface area contributed by atoms with Gasteiger partial charge in [0.2, 0.25) is 0 Å². The van der Waals surface area contributed by atoms with Crippen molar-refractivity contribution in [1.29, 1.82) is 0 Å². The summed E-state index contributed by atoms with van der Waals surface area (Å²) in [6.45, 7) is 1.67. The Morgan fingerprint density at radius 1 is 1.24 bits per heavy atom. The Bertz CT molecular complexity index is 873. The molecule has 0 radical (unpaired) electrons. The van der Waals surface area contributed by atoms with Crippen molar-refractivity contribution in [2.24, 2.45) is 0 Å². The molecule has 130 valence electrons. The molecule has 1 N–H and O–H groups in total. The summed E-state index contributed by atoms with van der Waals surface area (Å²) in [4.78, 5) is 3.85. The van der Waals surface area contributed by atoms with Crippen LogP contribution in [0.5, 0.6) is 0 Å². The molecule has 1 heterocycles. The minimum absolute atomic E-state index is 0.0307. The average molecular weight is 364 g/mol. The van der Waals surface area contributed by atoms with Crippen molar-refractivity contribution in [3.05, 3.63) is 82.9 Å². The number of hydrogen-bond donors (Lipinski definition) is 1. The van der Waals surface area contributed by atoms with Crippen molar-refractivity contribution in [3.63, 3.8) is 0 Å². The second-order valence-electron chi connectivity index (χ2n) is 5.88. The molecule has 0 fully saturated rings. The first-order chi connectivity index (χ1) is 11.9. The first kappa shape index (κ1) is 17.5. The monoisotopic (exact) mass is 363 g/mol. The Balaban J connectivity index is 2.13. The van der Waals surface area contributed by atoms with E-state index in [9.17, 15) is 13.9 Å². The van der Waals surface area contributed by atoms with E-state index in [-0.39, 0.29) is 12.1 Å². The van der Waals surface area contributed by atoms with Gasteiger partial charge in [-0.2, -0.15) is 5.10 Å². The van der Waals surface area contributed by atoms with E-state index in [0.29, 0.717) is 10.6 Å². The third-order valence-corrected chi connectivity index (χ3v) is 4.70. The molecule has 7 heteroatoms. The molecule has 0 aliphatic rings. The van der Waals surface area contributed by atoms with Crippen LogP contribution in [0.1, 0.15) is 24.0 Å². The van der Waals surface area contributed by atoms with E-state index in [4.69, 9.17) is 11.6 Å². The number of nitrogens with zero attached hydrogens (tertiary/aromatic N) is 3. The number of hydrogen-bond acceptors (Lipinski definition) is 3. The third kappa shape index (κ3) is 3.41. The first-order valence-electron chi connectivity index (χ1n) is 7.66. The van der Waals surface area contributed by atoms with Crippen molar-refractivity contribution in [2.75, 3.05) is 0 Å². The third-order valence-electron chi connectivity index (χ3n) is 4.36. The Morgan fingerprint density at radius 2 is 2.00 bits per heavy atom. The summed E-state index contributed by atoms with van der Waals surface area (Å²) < 4.78 is 29.2. The van der Waals surface area contributed by atoms with E-state index in [1.807, 2.05) is 0 Å². The quantitative estimate of drug-likeness (QED) is 0.748. The van der Waals surface area contributed by atoms with Crippen molar-refractivity contribution < 1.29 is 13.9 Å². The highest BCUT2D eigenvalue weighted by atomic mass is 35.5. The van der Waals surface area contributed by atoms with Gasteiger partial charge in [0.05, 0.1) is 6.54 Å². The maximum Gasteiger partial charge on any atom is 0.137 e. The molecule has 3 rings (SSSR count). The van der Waals surface area contributed by atoms with Gasteiger partial charge in [0.1, 0.15) is 29.9 Å². The maximum atomic E-state index is 14.5. The highest BCUT2D eigenvalue weighted by Gasteiger charge is 2.40. The molecule has 3 aromatic rings. The standard InChI is InChI=1S/C18H16ClF2N3O/c1-12(14-4-2-3-5-16(14)19)18(25,9-24-11-22-10-23-24)15-7-6-13(20)8-17(15)21/h2-8,10-12,25H,9H2,1H3. The molecule has 0 aliphatic heterocycles. The summed E-state index contributed by atoms with van der Waals surface area (Å²) in [7, 11) is 0. The van der Waals surface area contributed by atoms with Crippen molar-refractivity contribution in [3.8, 4) is 0 Å². The smallest absolute Gasteiger partial charge is 0.137 e. The molecular weight excluding hydrogens is 348 g/mol. The van der Waals surface area contributed by atoms with Crippen LogP contribution in [0.2, 0.25) is 5.02 Å². The summed E-state index contributed by atoms with van der Waals surface area (Å²) in [5.41, 5.74) is -1.09. The van der Waals surface area contributed by atoms with E-state index in [2.05, 4.69) is 10.1 Å². The number of aliphatic hydroxyl groups is 1. The van der Waals surface area contributed by atoms with Crippen molar-refractivity contribution >= 4 is 11.6 Å². The van der Waals surface area contributed by atoms with Gasteiger partial charge >= 0.3 is 0 Å². The van der Waals surface area contributed by atoms with Crippen molar-refractivity contribution in [1.82, 2.24) is 14.8 Å². The lowest BCUT2D eigenvalue weighted by atomic mass is 9.78. The zero-order chi connectivity index (χ0) is 18.0. The van der Waals surface area contributed by atoms with Crippen molar-refractivity contribution in [2.45, 2.75) is 25.0 Å². The van der Waals surface area contributed by atoms with Gasteiger partial charge in [-0.1, -0.05) is 42.8 Å². The van der Waals surface area contributed by atoms with Gasteiger partial charge in [-0.25, -0.2) is 18.4 Å². The summed E-state index contributed by atoms with van der Waals surface area (Å²) >= 11 is 6.26. The van der Waals surface area contributed by atoms with Gasteiger partial charge in [0, 0.05) is 22.6 Å². The van der Waals surface area contributed by atoms with Crippen LogP contribution in [0, 0.1) is 11.6 Å². The molecule has 0 bridgehead atoms. The van der Waals surface area contributed by atoms with Crippen LogP contribution >= 0.6 is 11.6 Å².